The molecule has 1 aliphatic rings. The molecule has 1 heterocycles. The predicted octanol–water partition coefficient (Wildman–Crippen LogP) is 5.58. The van der Waals surface area contributed by atoms with Crippen LogP contribution in [0.4, 0.5) is 11.6 Å². The van der Waals surface area contributed by atoms with Gasteiger partial charge in [0, 0.05) is 23.6 Å². The van der Waals surface area contributed by atoms with Gasteiger partial charge in [-0.15, -0.1) is 0 Å². The normalized spacial score (nSPS) is 14.5. The molecule has 6 heteroatoms. The zero-order valence-corrected chi connectivity index (χ0v) is 17.9. The van der Waals surface area contributed by atoms with Gasteiger partial charge in [-0.25, -0.2) is 9.97 Å². The zero-order valence-electron chi connectivity index (χ0n) is 17.9. The van der Waals surface area contributed by atoms with E-state index in [9.17, 15) is 4.79 Å². The molecule has 1 atom stereocenters. The van der Waals surface area contributed by atoms with Crippen LogP contribution in [0.15, 0.2) is 85.2 Å². The van der Waals surface area contributed by atoms with Gasteiger partial charge in [-0.3, -0.25) is 4.79 Å². The van der Waals surface area contributed by atoms with Crippen LogP contribution < -0.4 is 10.1 Å². The molecule has 0 amide bonds. The molecule has 0 saturated heterocycles. The standard InChI is InChI=1S/C27H23N3O3/c31-26(32)14-18-5-4-8-23(13-18)33-25-12-10-20-15-19(9-11-24(20)25)21-16-28-27(29-17-21)30-22-6-2-1-3-7-22/h1-9,11,13,15-17,25H,10,12,14H2,(H,31,32)(H,28,29,30)/t25-/m0/s1. The number of nitrogens with zero attached hydrogens (tertiary/aromatic N) is 2. The molecule has 0 saturated carbocycles. The Morgan fingerprint density at radius 1 is 0.970 bits per heavy atom. The molecule has 0 spiro atoms. The maximum absolute atomic E-state index is 11.0. The molecular formula is C27H23N3O3. The van der Waals surface area contributed by atoms with Crippen LogP contribution in [-0.4, -0.2) is 21.0 Å². The number of benzene rings is 3. The quantitative estimate of drug-likeness (QED) is 0.393. The topological polar surface area (TPSA) is 84.3 Å². The molecule has 0 fully saturated rings. The fourth-order valence-electron chi connectivity index (χ4n) is 4.14. The second-order valence-electron chi connectivity index (χ2n) is 8.06. The van der Waals surface area contributed by atoms with E-state index in [0.717, 1.165) is 35.2 Å². The van der Waals surface area contributed by atoms with Crippen LogP contribution in [0.1, 0.15) is 29.2 Å². The highest BCUT2D eigenvalue weighted by atomic mass is 16.5. The summed E-state index contributed by atoms with van der Waals surface area (Å²) in [4.78, 5) is 19.9. The Balaban J connectivity index is 1.29. The van der Waals surface area contributed by atoms with Crippen molar-refractivity contribution in [1.82, 2.24) is 9.97 Å². The lowest BCUT2D eigenvalue weighted by Crippen LogP contribution is -2.05. The first-order valence-corrected chi connectivity index (χ1v) is 10.9. The lowest BCUT2D eigenvalue weighted by atomic mass is 10.0. The SMILES string of the molecule is O=C(O)Cc1cccc(O[C@H]2CCc3cc(-c4cnc(Nc5ccccc5)nc4)ccc32)c1. The number of carboxylic acid groups (broad SMARTS) is 1. The number of hydrogen-bond donors (Lipinski definition) is 2. The number of carbonyl (C=O) groups is 1. The number of aryl methyl sites for hydroxylation is 1. The molecule has 4 aromatic rings. The second kappa shape index (κ2) is 9.12. The minimum atomic E-state index is -0.848. The Bertz CT molecular complexity index is 1270. The second-order valence-corrected chi connectivity index (χ2v) is 8.06. The van der Waals surface area contributed by atoms with Gasteiger partial charge in [-0.2, -0.15) is 0 Å². The third-order valence-electron chi connectivity index (χ3n) is 5.71. The molecule has 2 N–H and O–H groups in total. The summed E-state index contributed by atoms with van der Waals surface area (Å²) in [5.41, 5.74) is 6.14. The Labute approximate surface area is 191 Å². The van der Waals surface area contributed by atoms with Crippen molar-refractivity contribution < 1.29 is 14.6 Å². The van der Waals surface area contributed by atoms with Gasteiger partial charge in [0.15, 0.2) is 0 Å². The number of nitrogens with one attached hydrogen (secondary N) is 1. The van der Waals surface area contributed by atoms with Gasteiger partial charge in [0.25, 0.3) is 0 Å². The third kappa shape index (κ3) is 4.85. The summed E-state index contributed by atoms with van der Waals surface area (Å²) in [5, 5.41) is 12.2. The van der Waals surface area contributed by atoms with Gasteiger partial charge < -0.3 is 15.2 Å². The average molecular weight is 437 g/mol. The van der Waals surface area contributed by atoms with E-state index >= 15 is 0 Å². The van der Waals surface area contributed by atoms with Crippen molar-refractivity contribution in [2.75, 3.05) is 5.32 Å². The highest BCUT2D eigenvalue weighted by Crippen LogP contribution is 2.37. The number of anilines is 2. The molecule has 5 rings (SSSR count). The summed E-state index contributed by atoms with van der Waals surface area (Å²) in [6, 6.07) is 23.5. The van der Waals surface area contributed by atoms with E-state index in [0.29, 0.717) is 11.7 Å². The van der Waals surface area contributed by atoms with Crippen molar-refractivity contribution in [2.45, 2.75) is 25.4 Å². The smallest absolute Gasteiger partial charge is 0.307 e. The van der Waals surface area contributed by atoms with Crippen molar-refractivity contribution in [1.29, 1.82) is 0 Å². The minimum absolute atomic E-state index is 0.0104. The number of carboxylic acids is 1. The molecule has 164 valence electrons. The molecular weight excluding hydrogens is 414 g/mol. The summed E-state index contributed by atoms with van der Waals surface area (Å²) in [6.07, 6.45) is 5.43. The lowest BCUT2D eigenvalue weighted by molar-refractivity contribution is -0.136. The minimum Gasteiger partial charge on any atom is -0.486 e. The number of fused-ring (bicyclic) bond motifs is 1. The van der Waals surface area contributed by atoms with Gasteiger partial charge in [-0.1, -0.05) is 48.5 Å². The summed E-state index contributed by atoms with van der Waals surface area (Å²) < 4.78 is 6.22. The molecule has 33 heavy (non-hydrogen) atoms. The largest absolute Gasteiger partial charge is 0.486 e. The van der Waals surface area contributed by atoms with Gasteiger partial charge in [0.05, 0.1) is 6.42 Å². The fraction of sp³-hybridized carbons (Fsp3) is 0.148. The number of rotatable bonds is 7. The molecule has 6 nitrogen and oxygen atoms in total. The Hall–Kier alpha value is -4.19. The average Bonchev–Trinajstić information content (AvgIpc) is 3.22. The Morgan fingerprint density at radius 3 is 2.58 bits per heavy atom. The lowest BCUT2D eigenvalue weighted by Gasteiger charge is -2.16. The van der Waals surface area contributed by atoms with E-state index in [1.807, 2.05) is 60.9 Å². The molecule has 3 aromatic carbocycles. The molecule has 0 unspecified atom stereocenters. The van der Waals surface area contributed by atoms with Crippen molar-refractivity contribution in [3.05, 3.63) is 102 Å². The summed E-state index contributed by atoms with van der Waals surface area (Å²) in [5.74, 6) is 0.411. The Morgan fingerprint density at radius 2 is 1.79 bits per heavy atom. The summed E-state index contributed by atoms with van der Waals surface area (Å²) in [6.45, 7) is 0. The van der Waals surface area contributed by atoms with Crippen molar-refractivity contribution >= 4 is 17.6 Å². The Kier molecular flexibility index (Phi) is 5.72. The van der Waals surface area contributed by atoms with Crippen molar-refractivity contribution in [3.8, 4) is 16.9 Å². The maximum Gasteiger partial charge on any atom is 0.307 e. The van der Waals surface area contributed by atoms with Crippen LogP contribution in [0.5, 0.6) is 5.75 Å². The monoisotopic (exact) mass is 437 g/mol. The first-order valence-electron chi connectivity index (χ1n) is 10.9. The van der Waals surface area contributed by atoms with Gasteiger partial charge in [-0.05, 0) is 59.4 Å². The van der Waals surface area contributed by atoms with Crippen LogP contribution in [-0.2, 0) is 17.6 Å². The van der Waals surface area contributed by atoms with Gasteiger partial charge in [0.1, 0.15) is 11.9 Å². The molecule has 1 aliphatic carbocycles. The molecule has 1 aromatic heterocycles. The first kappa shape index (κ1) is 20.7. The molecule has 0 radical (unpaired) electrons. The maximum atomic E-state index is 11.0. The van der Waals surface area contributed by atoms with Crippen LogP contribution in [0.2, 0.25) is 0 Å². The number of aromatic nitrogens is 2. The number of ether oxygens (including phenoxy) is 1. The van der Waals surface area contributed by atoms with Crippen LogP contribution in [0, 0.1) is 0 Å². The van der Waals surface area contributed by atoms with Gasteiger partial charge >= 0.3 is 5.97 Å². The molecule has 0 bridgehead atoms. The molecule has 0 aliphatic heterocycles. The highest BCUT2D eigenvalue weighted by molar-refractivity contribution is 5.70. The number of aliphatic carboxylic acids is 1. The summed E-state index contributed by atoms with van der Waals surface area (Å²) >= 11 is 0. The summed E-state index contributed by atoms with van der Waals surface area (Å²) in [7, 11) is 0. The van der Waals surface area contributed by atoms with E-state index in [1.54, 1.807) is 6.07 Å². The predicted molar refractivity (Wildman–Crippen MR) is 127 cm³/mol. The highest BCUT2D eigenvalue weighted by Gasteiger charge is 2.24. The van der Waals surface area contributed by atoms with Crippen molar-refractivity contribution in [2.24, 2.45) is 0 Å². The van der Waals surface area contributed by atoms with E-state index in [1.165, 1.54) is 11.1 Å². The van der Waals surface area contributed by atoms with Gasteiger partial charge in [0.2, 0.25) is 5.95 Å². The number of para-hydroxylation sites is 1. The van der Waals surface area contributed by atoms with E-state index in [2.05, 4.69) is 33.5 Å². The van der Waals surface area contributed by atoms with Crippen LogP contribution in [0.3, 0.4) is 0 Å². The van der Waals surface area contributed by atoms with Crippen LogP contribution >= 0.6 is 0 Å². The fourth-order valence-corrected chi connectivity index (χ4v) is 4.14. The first-order chi connectivity index (χ1) is 16.1. The number of hydrogen-bond acceptors (Lipinski definition) is 5. The van der Waals surface area contributed by atoms with E-state index < -0.39 is 5.97 Å². The van der Waals surface area contributed by atoms with E-state index in [4.69, 9.17) is 9.84 Å². The van der Waals surface area contributed by atoms with Crippen LogP contribution in [0.25, 0.3) is 11.1 Å². The van der Waals surface area contributed by atoms with Crippen molar-refractivity contribution in [3.63, 3.8) is 0 Å². The zero-order chi connectivity index (χ0) is 22.6. The third-order valence-corrected chi connectivity index (χ3v) is 5.71. The van der Waals surface area contributed by atoms with E-state index in [-0.39, 0.29) is 12.5 Å².